The van der Waals surface area contributed by atoms with Crippen molar-refractivity contribution in [1.82, 2.24) is 0 Å². The molecule has 0 bridgehead atoms. The predicted octanol–water partition coefficient (Wildman–Crippen LogP) is 6.17. The first-order chi connectivity index (χ1) is 10.0. The van der Waals surface area contributed by atoms with E-state index < -0.39 is 0 Å². The smallest absolute Gasteiger partial charge is 0.124 e. The van der Waals surface area contributed by atoms with Gasteiger partial charge in [0, 0.05) is 20.5 Å². The van der Waals surface area contributed by atoms with Gasteiger partial charge in [0.05, 0.1) is 0 Å². The zero-order valence-corrected chi connectivity index (χ0v) is 16.4. The Hall–Kier alpha value is -0.190. The largest absolute Gasteiger partial charge is 0.207 e. The molecule has 0 nitrogen and oxygen atoms in total. The summed E-state index contributed by atoms with van der Waals surface area (Å²) in [6, 6.07) is 13.5. The molecule has 0 saturated carbocycles. The second-order valence-corrected chi connectivity index (χ2v) is 7.30. The average molecular weight is 479 g/mol. The highest BCUT2D eigenvalue weighted by atomic mass is 79.9. The first kappa shape index (κ1) is 17.2. The molecule has 0 aliphatic heterocycles. The molecule has 0 spiro atoms. The van der Waals surface area contributed by atoms with Gasteiger partial charge in [-0.2, -0.15) is 0 Å². The number of hydrogen-bond donors (Lipinski definition) is 0. The van der Waals surface area contributed by atoms with E-state index in [-0.39, 0.29) is 11.2 Å². The van der Waals surface area contributed by atoms with E-state index in [0.29, 0.717) is 0 Å². The average Bonchev–Trinajstić information content (AvgIpc) is 2.48. The maximum Gasteiger partial charge on any atom is 0.124 e. The third kappa shape index (κ3) is 3.96. The summed E-state index contributed by atoms with van der Waals surface area (Å²) in [5.41, 5.74) is 3.57. The Labute approximate surface area is 150 Å². The summed E-state index contributed by atoms with van der Waals surface area (Å²) in [5.74, 6) is -0.218. The third-order valence-corrected chi connectivity index (χ3v) is 6.60. The topological polar surface area (TPSA) is 0 Å². The van der Waals surface area contributed by atoms with Gasteiger partial charge in [0.1, 0.15) is 5.82 Å². The maximum atomic E-state index is 13.3. The van der Waals surface area contributed by atoms with Crippen LogP contribution in [0, 0.1) is 12.7 Å². The van der Waals surface area contributed by atoms with Crippen molar-refractivity contribution in [3.63, 3.8) is 0 Å². The molecule has 0 aliphatic rings. The molecule has 0 saturated heterocycles. The summed E-state index contributed by atoms with van der Waals surface area (Å²) in [4.78, 5) is 0. The minimum Gasteiger partial charge on any atom is -0.207 e. The molecular weight excluding hydrogens is 463 g/mol. The Kier molecular flexibility index (Phi) is 6.04. The van der Waals surface area contributed by atoms with E-state index in [1.165, 1.54) is 23.3 Å². The lowest BCUT2D eigenvalue weighted by Crippen LogP contribution is -2.33. The van der Waals surface area contributed by atoms with Crippen molar-refractivity contribution in [2.24, 2.45) is 0 Å². The van der Waals surface area contributed by atoms with Gasteiger partial charge in [-0.1, -0.05) is 83.7 Å². The molecule has 0 fully saturated rings. The van der Waals surface area contributed by atoms with Crippen LogP contribution < -0.4 is 0 Å². The summed E-state index contributed by atoms with van der Waals surface area (Å²) in [7, 11) is 0. The molecule has 0 unspecified atom stereocenters. The molecule has 2 aromatic carbocycles. The van der Waals surface area contributed by atoms with Gasteiger partial charge in [-0.3, -0.25) is 0 Å². The molecule has 112 valence electrons. The molecule has 0 atom stereocenters. The fourth-order valence-electron chi connectivity index (χ4n) is 2.32. The lowest BCUT2D eigenvalue weighted by atomic mass is 9.79. The molecule has 2 aromatic rings. The number of benzene rings is 2. The van der Waals surface area contributed by atoms with E-state index in [2.05, 4.69) is 79.0 Å². The Morgan fingerprint density at radius 1 is 1.00 bits per heavy atom. The molecule has 4 heteroatoms. The number of alkyl halides is 2. The number of hydrogen-bond acceptors (Lipinski definition) is 0. The first-order valence-corrected chi connectivity index (χ1v) is 9.67. The van der Waals surface area contributed by atoms with E-state index in [9.17, 15) is 4.39 Å². The van der Waals surface area contributed by atoms with Gasteiger partial charge >= 0.3 is 0 Å². The normalized spacial score (nSPS) is 11.7. The van der Waals surface area contributed by atoms with Crippen LogP contribution in [0.2, 0.25) is 0 Å². The molecule has 0 aromatic heterocycles. The van der Waals surface area contributed by atoms with Crippen molar-refractivity contribution in [3.8, 4) is 0 Å². The lowest BCUT2D eigenvalue weighted by molar-refractivity contribution is 0.548. The summed E-state index contributed by atoms with van der Waals surface area (Å²) in [6.45, 7) is 2.09. The number of rotatable bonds is 5. The van der Waals surface area contributed by atoms with Crippen LogP contribution in [0.4, 0.5) is 4.39 Å². The minimum atomic E-state index is -0.218. The molecular formula is C17H16Br3F. The van der Waals surface area contributed by atoms with Gasteiger partial charge in [0.2, 0.25) is 0 Å². The molecule has 21 heavy (non-hydrogen) atoms. The monoisotopic (exact) mass is 476 g/mol. The number of halogens is 4. The maximum absolute atomic E-state index is 13.3. The van der Waals surface area contributed by atoms with E-state index >= 15 is 0 Å². The summed E-state index contributed by atoms with van der Waals surface area (Å²) in [5, 5.41) is 1.66. The fourth-order valence-corrected chi connectivity index (χ4v) is 4.79. The van der Waals surface area contributed by atoms with Gasteiger partial charge in [-0.05, 0) is 36.6 Å². The van der Waals surface area contributed by atoms with Crippen LogP contribution >= 0.6 is 47.8 Å². The van der Waals surface area contributed by atoms with E-state index in [1.807, 2.05) is 6.07 Å². The van der Waals surface area contributed by atoms with E-state index in [1.54, 1.807) is 0 Å². The van der Waals surface area contributed by atoms with Crippen LogP contribution in [0.25, 0.3) is 0 Å². The highest BCUT2D eigenvalue weighted by molar-refractivity contribution is 9.10. The van der Waals surface area contributed by atoms with Crippen molar-refractivity contribution in [1.29, 1.82) is 0 Å². The lowest BCUT2D eigenvalue weighted by Gasteiger charge is -2.31. The Morgan fingerprint density at radius 3 is 2.14 bits per heavy atom. The van der Waals surface area contributed by atoms with Crippen LogP contribution in [-0.4, -0.2) is 10.7 Å². The van der Waals surface area contributed by atoms with Gasteiger partial charge in [-0.15, -0.1) is 0 Å². The quantitative estimate of drug-likeness (QED) is 0.451. The Bertz CT molecular complexity index is 604. The Morgan fingerprint density at radius 2 is 1.62 bits per heavy atom. The van der Waals surface area contributed by atoms with Gasteiger partial charge in [-0.25, -0.2) is 4.39 Å². The summed E-state index contributed by atoms with van der Waals surface area (Å²) in [6.07, 6.45) is 0.827. The Balaban J connectivity index is 2.40. The van der Waals surface area contributed by atoms with Crippen molar-refractivity contribution >= 4 is 47.8 Å². The SMILES string of the molecule is Cc1ccc(C(CBr)(CBr)Cc2ccc(F)cc2Br)cc1. The molecule has 0 aliphatic carbocycles. The molecule has 0 heterocycles. The highest BCUT2D eigenvalue weighted by Crippen LogP contribution is 2.35. The third-order valence-electron chi connectivity index (χ3n) is 3.72. The fraction of sp³-hybridized carbons (Fsp3) is 0.294. The van der Waals surface area contributed by atoms with E-state index in [0.717, 1.165) is 27.1 Å². The second-order valence-electron chi connectivity index (χ2n) is 5.33. The first-order valence-electron chi connectivity index (χ1n) is 6.64. The molecule has 0 N–H and O–H groups in total. The number of aryl methyl sites for hydroxylation is 1. The van der Waals surface area contributed by atoms with Crippen LogP contribution in [0.1, 0.15) is 16.7 Å². The van der Waals surface area contributed by atoms with Crippen LogP contribution in [0.15, 0.2) is 46.9 Å². The van der Waals surface area contributed by atoms with Crippen LogP contribution in [0.3, 0.4) is 0 Å². The van der Waals surface area contributed by atoms with Gasteiger partial charge in [0.25, 0.3) is 0 Å². The molecule has 0 amide bonds. The van der Waals surface area contributed by atoms with Crippen molar-refractivity contribution in [3.05, 3.63) is 69.4 Å². The minimum absolute atomic E-state index is 0.0615. The standard InChI is InChI=1S/C17H16Br3F/c1-12-2-5-14(6-3-12)17(10-18,11-19)9-13-4-7-15(21)8-16(13)20/h2-8H,9-11H2,1H3. The summed E-state index contributed by atoms with van der Waals surface area (Å²) >= 11 is 10.8. The van der Waals surface area contributed by atoms with E-state index in [4.69, 9.17) is 0 Å². The summed E-state index contributed by atoms with van der Waals surface area (Å²) < 4.78 is 14.1. The van der Waals surface area contributed by atoms with Crippen molar-refractivity contribution < 1.29 is 4.39 Å². The highest BCUT2D eigenvalue weighted by Gasteiger charge is 2.31. The van der Waals surface area contributed by atoms with Gasteiger partial charge in [0.15, 0.2) is 0 Å². The zero-order chi connectivity index (χ0) is 15.5. The molecule has 2 rings (SSSR count). The predicted molar refractivity (Wildman–Crippen MR) is 98.2 cm³/mol. The van der Waals surface area contributed by atoms with Crippen molar-refractivity contribution in [2.75, 3.05) is 10.7 Å². The zero-order valence-electron chi connectivity index (χ0n) is 11.7. The van der Waals surface area contributed by atoms with Crippen LogP contribution in [-0.2, 0) is 11.8 Å². The van der Waals surface area contributed by atoms with Crippen LogP contribution in [0.5, 0.6) is 0 Å². The molecule has 0 radical (unpaired) electrons. The van der Waals surface area contributed by atoms with Crippen molar-refractivity contribution in [2.45, 2.75) is 18.8 Å². The second kappa shape index (κ2) is 7.38. The van der Waals surface area contributed by atoms with Gasteiger partial charge < -0.3 is 0 Å².